The second-order valence-electron chi connectivity index (χ2n) is 15.8. The average molecular weight is 839 g/mol. The Bertz CT molecular complexity index is 3100. The fourth-order valence-electron chi connectivity index (χ4n) is 9.44. The van der Waals surface area contributed by atoms with Gasteiger partial charge < -0.3 is 18.6 Å². The molecule has 9 aromatic carbocycles. The number of fused-ring (bicyclic) bond motifs is 9. The number of allylic oxidation sites excluding steroid dienone is 3. The highest BCUT2D eigenvalue weighted by Crippen LogP contribution is 2.40. The summed E-state index contributed by atoms with van der Waals surface area (Å²) in [5.74, 6) is 0. The van der Waals surface area contributed by atoms with Crippen molar-refractivity contribution in [3.63, 3.8) is 0 Å². The summed E-state index contributed by atoms with van der Waals surface area (Å²) in [5.41, 5.74) is 13.9. The van der Waals surface area contributed by atoms with Crippen molar-refractivity contribution in [2.45, 2.75) is 20.8 Å². The van der Waals surface area contributed by atoms with Crippen molar-refractivity contribution >= 4 is 82.5 Å². The number of hydrogen-bond donors (Lipinski definition) is 0. The third-order valence-electron chi connectivity index (χ3n) is 12.2. The van der Waals surface area contributed by atoms with E-state index in [1.807, 2.05) is 32.9 Å². The summed E-state index contributed by atoms with van der Waals surface area (Å²) in [6, 6.07) is 79.1. The van der Waals surface area contributed by atoms with Crippen LogP contribution in [-0.2, 0) is 0 Å². The Morgan fingerprint density at radius 3 is 0.723 bits per heavy atom. The fourth-order valence-corrected chi connectivity index (χ4v) is 9.44. The van der Waals surface area contributed by atoms with Gasteiger partial charge in [-0.15, -0.1) is 0 Å². The van der Waals surface area contributed by atoms with Crippen molar-refractivity contribution in [3.8, 4) is 17.1 Å². The zero-order valence-electron chi connectivity index (χ0n) is 37.0. The highest BCUT2D eigenvalue weighted by molar-refractivity contribution is 6.11. The van der Waals surface area contributed by atoms with Crippen LogP contribution in [0.3, 0.4) is 0 Å². The van der Waals surface area contributed by atoms with Crippen LogP contribution in [0.2, 0.25) is 0 Å². The molecule has 0 saturated heterocycles. The molecule has 0 aliphatic heterocycles. The van der Waals surface area contributed by atoms with E-state index < -0.39 is 0 Å². The van der Waals surface area contributed by atoms with E-state index in [0.29, 0.717) is 0 Å². The smallest absolute Gasteiger partial charge is 0.0541 e. The Hall–Kier alpha value is -8.34. The zero-order valence-corrected chi connectivity index (χ0v) is 37.0. The van der Waals surface area contributed by atoms with E-state index in [1.54, 1.807) is 6.08 Å². The Morgan fingerprint density at radius 1 is 0.323 bits per heavy atom. The molecule has 3 aromatic heterocycles. The van der Waals surface area contributed by atoms with Gasteiger partial charge in [0.2, 0.25) is 0 Å². The van der Waals surface area contributed by atoms with Crippen molar-refractivity contribution in [3.05, 3.63) is 243 Å². The minimum Gasteiger partial charge on any atom is -0.310 e. The van der Waals surface area contributed by atoms with Gasteiger partial charge in [0, 0.05) is 66.4 Å². The van der Waals surface area contributed by atoms with Crippen LogP contribution < -0.4 is 4.90 Å². The first-order chi connectivity index (χ1) is 32.2. The van der Waals surface area contributed by atoms with Gasteiger partial charge in [-0.05, 0) is 116 Å². The van der Waals surface area contributed by atoms with E-state index in [1.165, 1.54) is 65.4 Å². The van der Waals surface area contributed by atoms with Crippen LogP contribution in [0.15, 0.2) is 243 Å². The second-order valence-corrected chi connectivity index (χ2v) is 15.8. The molecular weight excluding hydrogens is 789 g/mol. The monoisotopic (exact) mass is 838 g/mol. The molecule has 0 N–H and O–H groups in total. The minimum absolute atomic E-state index is 1.08. The third-order valence-corrected chi connectivity index (χ3v) is 12.2. The largest absolute Gasteiger partial charge is 0.310 e. The zero-order chi connectivity index (χ0) is 44.3. The molecule has 0 atom stereocenters. The van der Waals surface area contributed by atoms with Crippen molar-refractivity contribution in [1.29, 1.82) is 0 Å². The summed E-state index contributed by atoms with van der Waals surface area (Å²) < 4.78 is 7.12. The quantitative estimate of drug-likeness (QED) is 0.146. The molecule has 0 bridgehead atoms. The van der Waals surface area contributed by atoms with Gasteiger partial charge in [-0.1, -0.05) is 148 Å². The predicted molar refractivity (Wildman–Crippen MR) is 281 cm³/mol. The number of para-hydroxylation sites is 6. The van der Waals surface area contributed by atoms with Crippen LogP contribution in [-0.4, -0.2) is 13.7 Å². The number of hydrogen-bond acceptors (Lipinski definition) is 1. The molecule has 0 aliphatic carbocycles. The first-order valence-corrected chi connectivity index (χ1v) is 22.5. The number of anilines is 3. The molecule has 0 spiro atoms. The van der Waals surface area contributed by atoms with Crippen LogP contribution in [0.4, 0.5) is 17.1 Å². The Morgan fingerprint density at radius 2 is 0.538 bits per heavy atom. The number of benzene rings is 9. The molecule has 65 heavy (non-hydrogen) atoms. The highest BCUT2D eigenvalue weighted by Gasteiger charge is 2.18. The summed E-state index contributed by atoms with van der Waals surface area (Å²) in [5, 5.41) is 7.56. The lowest BCUT2D eigenvalue weighted by molar-refractivity contribution is 1.16. The summed E-state index contributed by atoms with van der Waals surface area (Å²) in [6.07, 6.45) is 5.58. The van der Waals surface area contributed by atoms with Gasteiger partial charge in [-0.2, -0.15) is 0 Å². The molecule has 4 nitrogen and oxygen atoms in total. The lowest BCUT2D eigenvalue weighted by Gasteiger charge is -2.26. The molecule has 0 unspecified atom stereocenters. The molecule has 3 heterocycles. The van der Waals surface area contributed by atoms with E-state index in [4.69, 9.17) is 0 Å². The first kappa shape index (κ1) is 40.7. The maximum Gasteiger partial charge on any atom is 0.0541 e. The van der Waals surface area contributed by atoms with Crippen molar-refractivity contribution < 1.29 is 0 Å². The summed E-state index contributed by atoms with van der Waals surface area (Å²) in [4.78, 5) is 2.36. The molecule has 0 fully saturated rings. The average Bonchev–Trinajstić information content (AvgIpc) is 4.02. The van der Waals surface area contributed by atoms with E-state index in [2.05, 4.69) is 244 Å². The molecule has 12 rings (SSSR count). The van der Waals surface area contributed by atoms with E-state index in [9.17, 15) is 0 Å². The van der Waals surface area contributed by atoms with Gasteiger partial charge in [-0.25, -0.2) is 0 Å². The highest BCUT2D eigenvalue weighted by atomic mass is 15.1. The molecular formula is C61H50N4. The molecule has 0 saturated carbocycles. The van der Waals surface area contributed by atoms with Gasteiger partial charge in [0.15, 0.2) is 0 Å². The van der Waals surface area contributed by atoms with Gasteiger partial charge in [-0.3, -0.25) is 0 Å². The second kappa shape index (κ2) is 17.8. The van der Waals surface area contributed by atoms with Gasteiger partial charge >= 0.3 is 0 Å². The number of nitrogens with zero attached hydrogens (tertiary/aromatic N) is 4. The lowest BCUT2D eigenvalue weighted by atomic mass is 10.1. The van der Waals surface area contributed by atoms with Crippen LogP contribution in [0.25, 0.3) is 82.5 Å². The lowest BCUT2D eigenvalue weighted by Crippen LogP contribution is -2.10. The van der Waals surface area contributed by atoms with Crippen LogP contribution in [0.5, 0.6) is 0 Å². The first-order valence-electron chi connectivity index (χ1n) is 22.5. The standard InChI is InChI=1S/C54H36N4.C5H8.C2H6/c1-7-19-49-43(13-1)44-14-2-8-20-50(44)56(49)40-31-25-37(26-32-40)55(38-27-33-41(34-28-38)57-51-21-9-3-15-45(51)46-16-4-10-22-52(46)57)39-29-35-42(36-30-39)58-53-23-11-5-17-47(53)48-18-6-12-24-54(48)58;1-3-5-4-2;1-2/h1-36H;3-5H,1H2,2H3;1-2H3/b;5-4-;. The Kier molecular flexibility index (Phi) is 11.1. The van der Waals surface area contributed by atoms with Crippen molar-refractivity contribution in [1.82, 2.24) is 13.7 Å². The van der Waals surface area contributed by atoms with E-state index in [-0.39, 0.29) is 0 Å². The summed E-state index contributed by atoms with van der Waals surface area (Å²) in [6.45, 7) is 9.42. The van der Waals surface area contributed by atoms with Crippen molar-refractivity contribution in [2.24, 2.45) is 0 Å². The topological polar surface area (TPSA) is 18.0 Å². The maximum absolute atomic E-state index is 3.46. The number of aromatic nitrogens is 3. The Labute approximate surface area is 380 Å². The summed E-state index contributed by atoms with van der Waals surface area (Å²) >= 11 is 0. The molecule has 4 heteroatoms. The van der Waals surface area contributed by atoms with E-state index >= 15 is 0 Å². The normalized spacial score (nSPS) is 11.3. The Balaban J connectivity index is 0.000000669. The van der Waals surface area contributed by atoms with E-state index in [0.717, 1.165) is 34.1 Å². The van der Waals surface area contributed by atoms with Crippen LogP contribution >= 0.6 is 0 Å². The predicted octanol–water partition coefficient (Wildman–Crippen LogP) is 17.2. The fraction of sp³-hybridized carbons (Fsp3) is 0.0492. The minimum atomic E-state index is 1.08. The van der Waals surface area contributed by atoms with Gasteiger partial charge in [0.05, 0.1) is 33.1 Å². The molecule has 0 aliphatic rings. The van der Waals surface area contributed by atoms with Crippen molar-refractivity contribution in [2.75, 3.05) is 4.90 Å². The molecule has 12 aromatic rings. The maximum atomic E-state index is 3.46. The van der Waals surface area contributed by atoms with Gasteiger partial charge in [0.25, 0.3) is 0 Å². The molecule has 0 radical (unpaired) electrons. The third kappa shape index (κ3) is 7.16. The summed E-state index contributed by atoms with van der Waals surface area (Å²) in [7, 11) is 0. The van der Waals surface area contributed by atoms with Gasteiger partial charge in [0.1, 0.15) is 0 Å². The molecule has 0 amide bonds. The SMILES string of the molecule is C=C/C=C\C.CC.c1ccc2c(c1)c1ccccc1n2-c1ccc(N(c2ccc(-n3c4ccccc4c4ccccc43)cc2)c2ccc(-n3c4ccccc4c4ccccc43)cc2)cc1. The van der Waals surface area contributed by atoms with Crippen LogP contribution in [0, 0.1) is 0 Å². The van der Waals surface area contributed by atoms with Crippen LogP contribution in [0.1, 0.15) is 20.8 Å². The number of rotatable bonds is 7. The molecule has 314 valence electrons.